The molecule has 0 aliphatic rings. The van der Waals surface area contributed by atoms with Crippen LogP contribution in [0, 0.1) is 0 Å². The van der Waals surface area contributed by atoms with E-state index < -0.39 is 5.97 Å². The van der Waals surface area contributed by atoms with Crippen molar-refractivity contribution < 1.29 is 19.1 Å². The summed E-state index contributed by atoms with van der Waals surface area (Å²) in [5, 5.41) is 0. The summed E-state index contributed by atoms with van der Waals surface area (Å²) in [6.07, 6.45) is 1.74. The van der Waals surface area contributed by atoms with E-state index in [4.69, 9.17) is 9.47 Å². The van der Waals surface area contributed by atoms with Gasteiger partial charge in [0.2, 0.25) is 0 Å². The van der Waals surface area contributed by atoms with Crippen molar-refractivity contribution in [3.05, 3.63) is 96.1 Å². The smallest absolute Gasteiger partial charge is 0.339 e. The minimum atomic E-state index is -0.566. The number of benzene rings is 3. The maximum Gasteiger partial charge on any atom is 0.339 e. The Kier molecular flexibility index (Phi) is 7.81. The number of amides is 1. The second-order valence-corrected chi connectivity index (χ2v) is 7.47. The predicted molar refractivity (Wildman–Crippen MR) is 127 cm³/mol. The molecule has 0 radical (unpaired) electrons. The van der Waals surface area contributed by atoms with Crippen molar-refractivity contribution in [3.63, 3.8) is 0 Å². The molecule has 0 aliphatic heterocycles. The lowest BCUT2D eigenvalue weighted by molar-refractivity contribution is -0.142. The first-order valence-electron chi connectivity index (χ1n) is 10.4. The molecule has 0 spiro atoms. The zero-order valence-corrected chi connectivity index (χ0v) is 18.5. The number of nitrogens with zero attached hydrogens (tertiary/aromatic N) is 1. The van der Waals surface area contributed by atoms with E-state index in [1.807, 2.05) is 98.8 Å². The molecule has 3 rings (SSSR count). The Balaban J connectivity index is 1.82. The third kappa shape index (κ3) is 5.85. The molecule has 1 amide bonds. The van der Waals surface area contributed by atoms with Crippen LogP contribution >= 0.6 is 0 Å². The van der Waals surface area contributed by atoms with Crippen LogP contribution in [0.2, 0.25) is 0 Å². The first kappa shape index (κ1) is 22.8. The fourth-order valence-corrected chi connectivity index (χ4v) is 3.37. The Morgan fingerprint density at radius 2 is 1.56 bits per heavy atom. The number of carbonyl (C=O) groups is 2. The Labute approximate surface area is 188 Å². The number of hydrogen-bond donors (Lipinski definition) is 0. The molecular weight excluding hydrogens is 402 g/mol. The van der Waals surface area contributed by atoms with E-state index in [2.05, 4.69) is 0 Å². The average molecular weight is 430 g/mol. The number of rotatable bonds is 8. The molecule has 0 aromatic heterocycles. The molecule has 164 valence electrons. The maximum atomic E-state index is 13.0. The van der Waals surface area contributed by atoms with Gasteiger partial charge in [0.25, 0.3) is 5.91 Å². The Morgan fingerprint density at radius 1 is 0.906 bits per heavy atom. The highest BCUT2D eigenvalue weighted by Crippen LogP contribution is 2.23. The van der Waals surface area contributed by atoms with E-state index in [0.29, 0.717) is 16.9 Å². The van der Waals surface area contributed by atoms with Gasteiger partial charge in [-0.3, -0.25) is 4.79 Å². The van der Waals surface area contributed by atoms with E-state index >= 15 is 0 Å². The standard InChI is InChI=1S/C27H27NO4/c1-20(2)28(23-14-8-5-9-15-23)26(29)19-32-27(30)25(22-12-6-4-7-13-22)18-21-11-10-16-24(17-21)31-3/h4-18,20H,19H2,1-3H3. The van der Waals surface area contributed by atoms with Crippen LogP contribution in [0.4, 0.5) is 5.69 Å². The van der Waals surface area contributed by atoms with Gasteiger partial charge >= 0.3 is 5.97 Å². The minimum absolute atomic E-state index is 0.0791. The van der Waals surface area contributed by atoms with Crippen LogP contribution in [0.1, 0.15) is 25.0 Å². The van der Waals surface area contributed by atoms with Crippen LogP contribution in [-0.2, 0) is 14.3 Å². The second-order valence-electron chi connectivity index (χ2n) is 7.47. The zero-order valence-electron chi connectivity index (χ0n) is 18.5. The lowest BCUT2D eigenvalue weighted by Crippen LogP contribution is -2.39. The van der Waals surface area contributed by atoms with Crippen molar-refractivity contribution in [3.8, 4) is 5.75 Å². The molecule has 0 saturated heterocycles. The van der Waals surface area contributed by atoms with E-state index in [9.17, 15) is 9.59 Å². The van der Waals surface area contributed by atoms with Gasteiger partial charge < -0.3 is 14.4 Å². The van der Waals surface area contributed by atoms with Gasteiger partial charge in [-0.2, -0.15) is 0 Å². The molecule has 3 aromatic rings. The molecule has 32 heavy (non-hydrogen) atoms. The molecule has 5 nitrogen and oxygen atoms in total. The number of methoxy groups -OCH3 is 1. The van der Waals surface area contributed by atoms with Crippen molar-refractivity contribution >= 4 is 29.2 Å². The number of anilines is 1. The summed E-state index contributed by atoms with van der Waals surface area (Å²) >= 11 is 0. The van der Waals surface area contributed by atoms with E-state index in [-0.39, 0.29) is 18.6 Å². The SMILES string of the molecule is COc1cccc(C=C(C(=O)OCC(=O)N(c2ccccc2)C(C)C)c2ccccc2)c1. The van der Waals surface area contributed by atoms with Crippen molar-refractivity contribution in [2.45, 2.75) is 19.9 Å². The summed E-state index contributed by atoms with van der Waals surface area (Å²) in [7, 11) is 1.59. The molecule has 0 heterocycles. The molecule has 0 bridgehead atoms. The maximum absolute atomic E-state index is 13.0. The number of para-hydroxylation sites is 1. The molecule has 0 fully saturated rings. The average Bonchev–Trinajstić information content (AvgIpc) is 2.82. The number of ether oxygens (including phenoxy) is 2. The molecule has 0 atom stereocenters. The Hall–Kier alpha value is -3.86. The summed E-state index contributed by atoms with van der Waals surface area (Å²) in [6, 6.07) is 25.9. The number of esters is 1. The molecule has 0 unspecified atom stereocenters. The summed E-state index contributed by atoms with van der Waals surface area (Å²) in [4.78, 5) is 27.6. The minimum Gasteiger partial charge on any atom is -0.497 e. The fraction of sp³-hybridized carbons (Fsp3) is 0.185. The van der Waals surface area contributed by atoms with Crippen LogP contribution in [0.5, 0.6) is 5.75 Å². The highest BCUT2D eigenvalue weighted by molar-refractivity contribution is 6.22. The van der Waals surface area contributed by atoms with E-state index in [1.165, 1.54) is 0 Å². The lowest BCUT2D eigenvalue weighted by Gasteiger charge is -2.26. The molecule has 0 aliphatic carbocycles. The van der Waals surface area contributed by atoms with Gasteiger partial charge in [-0.15, -0.1) is 0 Å². The summed E-state index contributed by atoms with van der Waals surface area (Å²) in [5.41, 5.74) is 2.62. The Morgan fingerprint density at radius 3 is 2.19 bits per heavy atom. The zero-order chi connectivity index (χ0) is 22.9. The van der Waals surface area contributed by atoms with Crippen LogP contribution in [0.25, 0.3) is 11.6 Å². The van der Waals surface area contributed by atoms with Gasteiger partial charge in [0, 0.05) is 11.7 Å². The lowest BCUT2D eigenvalue weighted by atomic mass is 10.0. The fourth-order valence-electron chi connectivity index (χ4n) is 3.37. The van der Waals surface area contributed by atoms with Gasteiger partial charge in [0.1, 0.15) is 5.75 Å². The highest BCUT2D eigenvalue weighted by Gasteiger charge is 2.22. The van der Waals surface area contributed by atoms with Crippen molar-refractivity contribution in [1.82, 2.24) is 0 Å². The predicted octanol–water partition coefficient (Wildman–Crippen LogP) is 5.22. The summed E-state index contributed by atoms with van der Waals surface area (Å²) in [6.45, 7) is 3.49. The second kappa shape index (κ2) is 11.0. The van der Waals surface area contributed by atoms with Crippen LogP contribution in [-0.4, -0.2) is 31.6 Å². The van der Waals surface area contributed by atoms with E-state index in [0.717, 1.165) is 11.3 Å². The van der Waals surface area contributed by atoms with Crippen LogP contribution in [0.15, 0.2) is 84.9 Å². The van der Waals surface area contributed by atoms with Gasteiger partial charge in [-0.05, 0) is 55.3 Å². The van der Waals surface area contributed by atoms with Crippen molar-refractivity contribution in [2.75, 3.05) is 18.6 Å². The monoisotopic (exact) mass is 429 g/mol. The van der Waals surface area contributed by atoms with Crippen LogP contribution < -0.4 is 9.64 Å². The quantitative estimate of drug-likeness (QED) is 0.280. The third-order valence-electron chi connectivity index (χ3n) is 4.86. The van der Waals surface area contributed by atoms with Gasteiger partial charge in [0.05, 0.1) is 12.7 Å². The largest absolute Gasteiger partial charge is 0.497 e. The molecule has 0 saturated carbocycles. The first-order chi connectivity index (χ1) is 15.5. The highest BCUT2D eigenvalue weighted by atomic mass is 16.5. The summed E-state index contributed by atoms with van der Waals surface area (Å²) in [5.74, 6) is -0.164. The molecular formula is C27H27NO4. The van der Waals surface area contributed by atoms with Crippen molar-refractivity contribution in [2.24, 2.45) is 0 Å². The molecule has 3 aromatic carbocycles. The summed E-state index contributed by atoms with van der Waals surface area (Å²) < 4.78 is 10.7. The van der Waals surface area contributed by atoms with Gasteiger partial charge in [-0.1, -0.05) is 60.7 Å². The number of carbonyl (C=O) groups excluding carboxylic acids is 2. The number of hydrogen-bond acceptors (Lipinski definition) is 4. The Bertz CT molecular complexity index is 1080. The van der Waals surface area contributed by atoms with Crippen LogP contribution in [0.3, 0.4) is 0 Å². The third-order valence-corrected chi connectivity index (χ3v) is 4.86. The first-order valence-corrected chi connectivity index (χ1v) is 10.4. The van der Waals surface area contributed by atoms with E-state index in [1.54, 1.807) is 18.1 Å². The molecule has 0 N–H and O–H groups in total. The van der Waals surface area contributed by atoms with Gasteiger partial charge in [-0.25, -0.2) is 4.79 Å². The normalized spacial score (nSPS) is 11.2. The topological polar surface area (TPSA) is 55.8 Å². The van der Waals surface area contributed by atoms with Gasteiger partial charge in [0.15, 0.2) is 6.61 Å². The van der Waals surface area contributed by atoms with Crippen molar-refractivity contribution in [1.29, 1.82) is 0 Å². The molecule has 5 heteroatoms.